The molecular formula is C16H19ClN4O. The minimum Gasteiger partial charge on any atom is -0.368 e. The van der Waals surface area contributed by atoms with E-state index in [0.717, 1.165) is 36.5 Å². The molecule has 2 aromatic rings. The number of nitrogens with zero attached hydrogens (tertiary/aromatic N) is 2. The Labute approximate surface area is 134 Å². The maximum atomic E-state index is 11.0. The number of amides is 1. The molecule has 3 rings (SSSR count). The van der Waals surface area contributed by atoms with Gasteiger partial charge in [-0.15, -0.1) is 0 Å². The smallest absolute Gasteiger partial charge is 0.239 e. The number of benzene rings is 1. The van der Waals surface area contributed by atoms with Gasteiger partial charge in [0.2, 0.25) is 5.91 Å². The summed E-state index contributed by atoms with van der Waals surface area (Å²) in [5, 5.41) is 8.82. The number of aryl methyl sites for hydroxylation is 1. The average Bonchev–Trinajstić information content (AvgIpc) is 2.88. The van der Waals surface area contributed by atoms with E-state index < -0.39 is 0 Å². The second kappa shape index (κ2) is 6.50. The van der Waals surface area contributed by atoms with E-state index in [2.05, 4.69) is 10.4 Å². The number of rotatable bonds is 5. The lowest BCUT2D eigenvalue weighted by molar-refractivity contribution is -0.118. The maximum absolute atomic E-state index is 11.0. The molecule has 1 aromatic carbocycles. The van der Waals surface area contributed by atoms with Crippen molar-refractivity contribution in [1.82, 2.24) is 15.1 Å². The SMILES string of the molecule is NC(=O)Cn1cc2c(n1)[C@H](NCc1ccc(Cl)cc1)CCC2. The molecule has 0 bridgehead atoms. The summed E-state index contributed by atoms with van der Waals surface area (Å²) in [6.45, 7) is 0.904. The van der Waals surface area contributed by atoms with Gasteiger partial charge in [-0.3, -0.25) is 9.48 Å². The second-order valence-corrected chi connectivity index (χ2v) is 6.09. The standard InChI is InChI=1S/C16H19ClN4O/c17-13-6-4-11(5-7-13)8-19-14-3-1-2-12-9-21(10-15(18)22)20-16(12)14/h4-7,9,14,19H,1-3,8,10H2,(H2,18,22)/t14-/m1/s1. The summed E-state index contributed by atoms with van der Waals surface area (Å²) in [4.78, 5) is 11.0. The summed E-state index contributed by atoms with van der Waals surface area (Å²) in [6.07, 6.45) is 5.12. The Morgan fingerprint density at radius 1 is 1.41 bits per heavy atom. The molecule has 1 amide bonds. The third-order valence-electron chi connectivity index (χ3n) is 3.92. The molecule has 0 fully saturated rings. The third-order valence-corrected chi connectivity index (χ3v) is 4.17. The van der Waals surface area contributed by atoms with Gasteiger partial charge in [-0.2, -0.15) is 5.10 Å². The highest BCUT2D eigenvalue weighted by molar-refractivity contribution is 6.30. The van der Waals surface area contributed by atoms with Gasteiger partial charge < -0.3 is 11.1 Å². The first-order chi connectivity index (χ1) is 10.6. The predicted molar refractivity (Wildman–Crippen MR) is 85.4 cm³/mol. The summed E-state index contributed by atoms with van der Waals surface area (Å²) in [5.74, 6) is -0.370. The molecule has 1 heterocycles. The molecule has 1 aliphatic carbocycles. The Hall–Kier alpha value is -1.85. The molecule has 0 saturated heterocycles. The lowest BCUT2D eigenvalue weighted by Crippen LogP contribution is -2.25. The molecule has 1 aromatic heterocycles. The van der Waals surface area contributed by atoms with Gasteiger partial charge in [0.05, 0.1) is 11.7 Å². The number of carbonyl (C=O) groups is 1. The van der Waals surface area contributed by atoms with E-state index in [4.69, 9.17) is 17.3 Å². The zero-order chi connectivity index (χ0) is 15.5. The van der Waals surface area contributed by atoms with E-state index in [1.807, 2.05) is 30.5 Å². The van der Waals surface area contributed by atoms with Gasteiger partial charge in [0, 0.05) is 17.8 Å². The summed E-state index contributed by atoms with van der Waals surface area (Å²) in [6, 6.07) is 8.04. The van der Waals surface area contributed by atoms with Crippen LogP contribution in [0.3, 0.4) is 0 Å². The number of nitrogens with one attached hydrogen (secondary N) is 1. The van der Waals surface area contributed by atoms with Crippen LogP contribution in [-0.4, -0.2) is 15.7 Å². The third kappa shape index (κ3) is 3.48. The number of nitrogens with two attached hydrogens (primary N) is 1. The monoisotopic (exact) mass is 318 g/mol. The van der Waals surface area contributed by atoms with Gasteiger partial charge in [-0.05, 0) is 42.5 Å². The highest BCUT2D eigenvalue weighted by atomic mass is 35.5. The first kappa shape index (κ1) is 15.1. The largest absolute Gasteiger partial charge is 0.368 e. The topological polar surface area (TPSA) is 72.9 Å². The minimum absolute atomic E-state index is 0.136. The van der Waals surface area contributed by atoms with E-state index in [1.165, 1.54) is 11.1 Å². The zero-order valence-corrected chi connectivity index (χ0v) is 13.0. The number of aromatic nitrogens is 2. The van der Waals surface area contributed by atoms with Crippen LogP contribution < -0.4 is 11.1 Å². The van der Waals surface area contributed by atoms with Crippen LogP contribution in [0.5, 0.6) is 0 Å². The average molecular weight is 319 g/mol. The normalized spacial score (nSPS) is 17.2. The van der Waals surface area contributed by atoms with Gasteiger partial charge in [-0.1, -0.05) is 23.7 Å². The number of primary amides is 1. The van der Waals surface area contributed by atoms with Crippen molar-refractivity contribution in [2.24, 2.45) is 5.73 Å². The maximum Gasteiger partial charge on any atom is 0.239 e. The molecule has 0 unspecified atom stereocenters. The van der Waals surface area contributed by atoms with Gasteiger partial charge in [-0.25, -0.2) is 0 Å². The van der Waals surface area contributed by atoms with Crippen molar-refractivity contribution in [2.75, 3.05) is 0 Å². The van der Waals surface area contributed by atoms with Gasteiger partial charge >= 0.3 is 0 Å². The van der Waals surface area contributed by atoms with Crippen LogP contribution in [0.25, 0.3) is 0 Å². The van der Waals surface area contributed by atoms with Gasteiger partial charge in [0.1, 0.15) is 6.54 Å². The molecule has 6 heteroatoms. The van der Waals surface area contributed by atoms with Crippen LogP contribution in [0.4, 0.5) is 0 Å². The highest BCUT2D eigenvalue weighted by Gasteiger charge is 2.23. The van der Waals surface area contributed by atoms with Crippen LogP contribution in [0, 0.1) is 0 Å². The van der Waals surface area contributed by atoms with Crippen molar-refractivity contribution in [3.8, 4) is 0 Å². The van der Waals surface area contributed by atoms with Crippen LogP contribution in [-0.2, 0) is 24.3 Å². The quantitative estimate of drug-likeness (QED) is 0.887. The molecule has 1 aliphatic rings. The summed E-state index contributed by atoms with van der Waals surface area (Å²) in [5.41, 5.74) is 8.68. The predicted octanol–water partition coefficient (Wildman–Crippen LogP) is 2.19. The number of hydrogen-bond acceptors (Lipinski definition) is 3. The van der Waals surface area contributed by atoms with Crippen molar-refractivity contribution < 1.29 is 4.79 Å². The highest BCUT2D eigenvalue weighted by Crippen LogP contribution is 2.28. The van der Waals surface area contributed by atoms with Crippen molar-refractivity contribution in [2.45, 2.75) is 38.4 Å². The molecule has 22 heavy (non-hydrogen) atoms. The lowest BCUT2D eigenvalue weighted by Gasteiger charge is -2.22. The molecule has 0 radical (unpaired) electrons. The first-order valence-electron chi connectivity index (χ1n) is 7.44. The molecule has 1 atom stereocenters. The molecule has 0 aliphatic heterocycles. The molecule has 0 spiro atoms. The van der Waals surface area contributed by atoms with Crippen molar-refractivity contribution >= 4 is 17.5 Å². The Morgan fingerprint density at radius 3 is 2.91 bits per heavy atom. The molecule has 5 nitrogen and oxygen atoms in total. The Kier molecular flexibility index (Phi) is 4.45. The Bertz CT molecular complexity index is 665. The fraction of sp³-hybridized carbons (Fsp3) is 0.375. The van der Waals surface area contributed by atoms with Gasteiger partial charge in [0.25, 0.3) is 0 Å². The summed E-state index contributed by atoms with van der Waals surface area (Å²) >= 11 is 5.90. The molecule has 3 N–H and O–H groups in total. The van der Waals surface area contributed by atoms with E-state index in [1.54, 1.807) is 4.68 Å². The van der Waals surface area contributed by atoms with Crippen molar-refractivity contribution in [1.29, 1.82) is 0 Å². The van der Waals surface area contributed by atoms with Crippen LogP contribution >= 0.6 is 11.6 Å². The van der Waals surface area contributed by atoms with Crippen LogP contribution in [0.1, 0.15) is 35.7 Å². The Balaban J connectivity index is 1.69. The Morgan fingerprint density at radius 2 is 2.18 bits per heavy atom. The van der Waals surface area contributed by atoms with E-state index in [0.29, 0.717) is 0 Å². The molecular weight excluding hydrogens is 300 g/mol. The molecule has 116 valence electrons. The van der Waals surface area contributed by atoms with Crippen molar-refractivity contribution in [3.05, 3.63) is 52.3 Å². The minimum atomic E-state index is -0.370. The fourth-order valence-corrected chi connectivity index (χ4v) is 3.01. The van der Waals surface area contributed by atoms with Crippen molar-refractivity contribution in [3.63, 3.8) is 0 Å². The lowest BCUT2D eigenvalue weighted by atomic mass is 9.93. The second-order valence-electron chi connectivity index (χ2n) is 5.66. The van der Waals surface area contributed by atoms with Crippen LogP contribution in [0.2, 0.25) is 5.02 Å². The first-order valence-corrected chi connectivity index (χ1v) is 7.82. The summed E-state index contributed by atoms with van der Waals surface area (Å²) < 4.78 is 1.65. The molecule has 0 saturated carbocycles. The van der Waals surface area contributed by atoms with Gasteiger partial charge in [0.15, 0.2) is 0 Å². The fourth-order valence-electron chi connectivity index (χ4n) is 2.88. The zero-order valence-electron chi connectivity index (χ0n) is 12.3. The number of fused-ring (bicyclic) bond motifs is 1. The van der Waals surface area contributed by atoms with E-state index in [-0.39, 0.29) is 18.5 Å². The number of halogens is 1. The van der Waals surface area contributed by atoms with E-state index >= 15 is 0 Å². The number of hydrogen-bond donors (Lipinski definition) is 2. The van der Waals surface area contributed by atoms with Crippen LogP contribution in [0.15, 0.2) is 30.5 Å². The number of carbonyl (C=O) groups excluding carboxylic acids is 1. The van der Waals surface area contributed by atoms with E-state index in [9.17, 15) is 4.79 Å². The summed E-state index contributed by atoms with van der Waals surface area (Å²) in [7, 11) is 0.